The van der Waals surface area contributed by atoms with Gasteiger partial charge in [-0.05, 0) is 35.3 Å². The molecule has 1 aliphatic rings. The van der Waals surface area contributed by atoms with Crippen molar-refractivity contribution in [2.75, 3.05) is 20.2 Å². The molecule has 0 saturated carbocycles. The van der Waals surface area contributed by atoms with Crippen LogP contribution in [0.1, 0.15) is 48.7 Å². The van der Waals surface area contributed by atoms with Crippen molar-refractivity contribution in [2.24, 2.45) is 5.41 Å². The van der Waals surface area contributed by atoms with Gasteiger partial charge in [0.2, 0.25) is 5.91 Å². The van der Waals surface area contributed by atoms with Crippen LogP contribution in [0.2, 0.25) is 10.0 Å². The summed E-state index contributed by atoms with van der Waals surface area (Å²) in [6.07, 6.45) is 3.11. The predicted octanol–water partition coefficient (Wildman–Crippen LogP) is 5.17. The number of halogens is 2. The van der Waals surface area contributed by atoms with Gasteiger partial charge in [-0.1, -0.05) is 80.4 Å². The Bertz CT molecular complexity index is 1120. The molecule has 8 heteroatoms. The third-order valence-electron chi connectivity index (χ3n) is 5.88. The second-order valence-corrected chi connectivity index (χ2v) is 10.3. The standard InChI is InChI=1S/C27H30Cl2N2O4/c1-27(2,3)26(34)31-14-12-19(13-15-31)18-10-8-17(9-11-18)16-22(25(33)35-4)30-24(32)23-20(28)6-5-7-21(23)29/h5-12,22H,13-16H2,1-4H3,(H,30,32)/t22-/m0/s1. The Hall–Kier alpha value is -2.83. The summed E-state index contributed by atoms with van der Waals surface area (Å²) >= 11 is 12.3. The van der Waals surface area contributed by atoms with Crippen LogP contribution in [0.5, 0.6) is 0 Å². The Balaban J connectivity index is 1.70. The van der Waals surface area contributed by atoms with Gasteiger partial charge < -0.3 is 15.0 Å². The summed E-state index contributed by atoms with van der Waals surface area (Å²) in [7, 11) is 1.27. The lowest BCUT2D eigenvalue weighted by atomic mass is 9.92. The SMILES string of the molecule is COC(=O)[C@H](Cc1ccc(C2=CCN(C(=O)C(C)(C)C)CC2)cc1)NC(=O)c1c(Cl)cccc1Cl. The first-order valence-electron chi connectivity index (χ1n) is 11.4. The highest BCUT2D eigenvalue weighted by atomic mass is 35.5. The van der Waals surface area contributed by atoms with Gasteiger partial charge >= 0.3 is 5.97 Å². The minimum Gasteiger partial charge on any atom is -0.467 e. The minimum atomic E-state index is -0.906. The van der Waals surface area contributed by atoms with Gasteiger partial charge in [0.1, 0.15) is 6.04 Å². The zero-order chi connectivity index (χ0) is 25.8. The Morgan fingerprint density at radius 3 is 2.20 bits per heavy atom. The summed E-state index contributed by atoms with van der Waals surface area (Å²) in [5.74, 6) is -0.962. The van der Waals surface area contributed by atoms with E-state index in [-0.39, 0.29) is 27.9 Å². The molecule has 2 aromatic rings. The monoisotopic (exact) mass is 516 g/mol. The third kappa shape index (κ3) is 6.65. The Labute approximate surface area is 216 Å². The van der Waals surface area contributed by atoms with E-state index in [2.05, 4.69) is 11.4 Å². The van der Waals surface area contributed by atoms with Crippen LogP contribution in [0.3, 0.4) is 0 Å². The van der Waals surface area contributed by atoms with Crippen LogP contribution in [0.15, 0.2) is 48.5 Å². The molecule has 0 unspecified atom stereocenters. The molecule has 0 aliphatic carbocycles. The summed E-state index contributed by atoms with van der Waals surface area (Å²) in [6, 6.07) is 11.7. The van der Waals surface area contributed by atoms with Gasteiger partial charge in [-0.2, -0.15) is 0 Å². The van der Waals surface area contributed by atoms with Crippen LogP contribution in [0, 0.1) is 5.41 Å². The fraction of sp³-hybridized carbons (Fsp3) is 0.370. The van der Waals surface area contributed by atoms with Crippen LogP contribution in [-0.2, 0) is 20.7 Å². The maximum absolute atomic E-state index is 12.8. The van der Waals surface area contributed by atoms with Crippen LogP contribution < -0.4 is 5.32 Å². The zero-order valence-electron chi connectivity index (χ0n) is 20.4. The second kappa shape index (κ2) is 11.3. The number of hydrogen-bond donors (Lipinski definition) is 1. The van der Waals surface area contributed by atoms with Crippen molar-refractivity contribution in [3.8, 4) is 0 Å². The maximum Gasteiger partial charge on any atom is 0.328 e. The van der Waals surface area contributed by atoms with Gasteiger partial charge in [0, 0.05) is 24.9 Å². The quantitative estimate of drug-likeness (QED) is 0.537. The molecule has 1 atom stereocenters. The lowest BCUT2D eigenvalue weighted by Gasteiger charge is -2.32. The normalized spacial score (nSPS) is 14.7. The number of methoxy groups -OCH3 is 1. The van der Waals surface area contributed by atoms with Crippen LogP contribution >= 0.6 is 23.2 Å². The largest absolute Gasteiger partial charge is 0.467 e. The number of esters is 1. The smallest absolute Gasteiger partial charge is 0.328 e. The Kier molecular flexibility index (Phi) is 8.62. The van der Waals surface area contributed by atoms with E-state index in [1.165, 1.54) is 12.7 Å². The molecule has 2 amide bonds. The number of hydrogen-bond acceptors (Lipinski definition) is 4. The molecule has 0 aromatic heterocycles. The zero-order valence-corrected chi connectivity index (χ0v) is 21.9. The molecule has 0 bridgehead atoms. The number of benzene rings is 2. The number of carbonyl (C=O) groups excluding carboxylic acids is 3. The van der Waals surface area contributed by atoms with E-state index in [4.69, 9.17) is 27.9 Å². The molecule has 186 valence electrons. The molecular weight excluding hydrogens is 487 g/mol. The lowest BCUT2D eigenvalue weighted by Crippen LogP contribution is -2.43. The van der Waals surface area contributed by atoms with Gasteiger partial charge in [-0.15, -0.1) is 0 Å². The van der Waals surface area contributed by atoms with Crippen LogP contribution in [0.25, 0.3) is 5.57 Å². The van der Waals surface area contributed by atoms with E-state index in [0.717, 1.165) is 17.5 Å². The fourth-order valence-electron chi connectivity index (χ4n) is 3.96. The van der Waals surface area contributed by atoms with Crippen molar-refractivity contribution in [1.82, 2.24) is 10.2 Å². The molecule has 6 nitrogen and oxygen atoms in total. The average molecular weight is 517 g/mol. The second-order valence-electron chi connectivity index (χ2n) is 9.53. The van der Waals surface area contributed by atoms with E-state index in [1.54, 1.807) is 18.2 Å². The number of rotatable bonds is 6. The minimum absolute atomic E-state index is 0.114. The van der Waals surface area contributed by atoms with E-state index in [1.807, 2.05) is 49.9 Å². The molecule has 35 heavy (non-hydrogen) atoms. The highest BCUT2D eigenvalue weighted by Gasteiger charge is 2.28. The predicted molar refractivity (Wildman–Crippen MR) is 139 cm³/mol. The number of amides is 2. The molecule has 0 saturated heterocycles. The van der Waals surface area contributed by atoms with E-state index >= 15 is 0 Å². The lowest BCUT2D eigenvalue weighted by molar-refractivity contribution is -0.143. The molecule has 0 spiro atoms. The van der Waals surface area contributed by atoms with Gasteiger partial charge in [0.05, 0.1) is 22.7 Å². The van der Waals surface area contributed by atoms with Crippen molar-refractivity contribution in [3.05, 3.63) is 75.3 Å². The number of ether oxygens (including phenoxy) is 1. The van der Waals surface area contributed by atoms with Gasteiger partial charge in [0.25, 0.3) is 5.91 Å². The topological polar surface area (TPSA) is 75.7 Å². The van der Waals surface area contributed by atoms with Crippen molar-refractivity contribution < 1.29 is 19.1 Å². The highest BCUT2D eigenvalue weighted by molar-refractivity contribution is 6.39. The molecular formula is C27H30Cl2N2O4. The molecule has 2 aromatic carbocycles. The summed E-state index contributed by atoms with van der Waals surface area (Å²) in [6.45, 7) is 7.07. The van der Waals surface area contributed by atoms with Crippen molar-refractivity contribution in [1.29, 1.82) is 0 Å². The van der Waals surface area contributed by atoms with Crippen LogP contribution in [0.4, 0.5) is 0 Å². The number of nitrogens with one attached hydrogen (secondary N) is 1. The maximum atomic E-state index is 12.8. The van der Waals surface area contributed by atoms with E-state index < -0.39 is 23.3 Å². The van der Waals surface area contributed by atoms with Crippen molar-refractivity contribution >= 4 is 46.6 Å². The number of nitrogens with zero attached hydrogens (tertiary/aromatic N) is 1. The summed E-state index contributed by atoms with van der Waals surface area (Å²) < 4.78 is 4.89. The Morgan fingerprint density at radius 1 is 1.06 bits per heavy atom. The molecule has 1 aliphatic heterocycles. The molecule has 1 heterocycles. The third-order valence-corrected chi connectivity index (χ3v) is 6.51. The molecule has 3 rings (SSSR count). The van der Waals surface area contributed by atoms with E-state index in [0.29, 0.717) is 13.1 Å². The fourth-order valence-corrected chi connectivity index (χ4v) is 4.53. The highest BCUT2D eigenvalue weighted by Crippen LogP contribution is 2.27. The molecule has 0 radical (unpaired) electrons. The Morgan fingerprint density at radius 2 is 1.69 bits per heavy atom. The van der Waals surface area contributed by atoms with Crippen molar-refractivity contribution in [2.45, 2.75) is 39.7 Å². The van der Waals surface area contributed by atoms with Gasteiger partial charge in [-0.3, -0.25) is 9.59 Å². The van der Waals surface area contributed by atoms with E-state index in [9.17, 15) is 14.4 Å². The van der Waals surface area contributed by atoms with Gasteiger partial charge in [0.15, 0.2) is 0 Å². The first-order chi connectivity index (χ1) is 16.5. The van der Waals surface area contributed by atoms with Gasteiger partial charge in [-0.25, -0.2) is 4.79 Å². The first kappa shape index (κ1) is 26.8. The summed E-state index contributed by atoms with van der Waals surface area (Å²) in [5, 5.41) is 3.09. The first-order valence-corrected chi connectivity index (χ1v) is 12.2. The average Bonchev–Trinajstić information content (AvgIpc) is 2.82. The van der Waals surface area contributed by atoms with Crippen LogP contribution in [-0.4, -0.2) is 48.9 Å². The molecule has 0 fully saturated rings. The van der Waals surface area contributed by atoms with Crippen molar-refractivity contribution in [3.63, 3.8) is 0 Å². The molecule has 1 N–H and O–H groups in total. The summed E-state index contributed by atoms with van der Waals surface area (Å²) in [4.78, 5) is 39.6. The number of carbonyl (C=O) groups is 3. The summed E-state index contributed by atoms with van der Waals surface area (Å²) in [5.41, 5.74) is 2.83.